The zero-order chi connectivity index (χ0) is 14.5. The van der Waals surface area contributed by atoms with Gasteiger partial charge in [-0.1, -0.05) is 32.1 Å². The monoisotopic (exact) mass is 284 g/mol. The van der Waals surface area contributed by atoms with E-state index in [4.69, 9.17) is 4.74 Å². The fourth-order valence-corrected chi connectivity index (χ4v) is 3.44. The molecular formula is C15H28N2O3. The third-order valence-corrected chi connectivity index (χ3v) is 4.77. The number of carbonyl (C=O) groups is 1. The Labute approximate surface area is 121 Å². The topological polar surface area (TPSA) is 61.8 Å². The van der Waals surface area contributed by atoms with E-state index in [9.17, 15) is 9.90 Å². The van der Waals surface area contributed by atoms with Gasteiger partial charge in [0, 0.05) is 12.6 Å². The van der Waals surface area contributed by atoms with Crippen molar-refractivity contribution in [3.8, 4) is 0 Å². The Morgan fingerprint density at radius 2 is 2.10 bits per heavy atom. The van der Waals surface area contributed by atoms with Crippen LogP contribution in [0.1, 0.15) is 45.4 Å². The van der Waals surface area contributed by atoms with Crippen LogP contribution in [0.2, 0.25) is 0 Å². The molecule has 20 heavy (non-hydrogen) atoms. The molecule has 2 fully saturated rings. The van der Waals surface area contributed by atoms with Crippen LogP contribution in [0, 0.1) is 5.92 Å². The van der Waals surface area contributed by atoms with Gasteiger partial charge in [0.05, 0.1) is 6.54 Å². The molecule has 0 spiro atoms. The van der Waals surface area contributed by atoms with Crippen molar-refractivity contribution in [1.29, 1.82) is 0 Å². The van der Waals surface area contributed by atoms with Crippen molar-refractivity contribution in [2.24, 2.45) is 5.92 Å². The van der Waals surface area contributed by atoms with Gasteiger partial charge in [-0.3, -0.25) is 0 Å². The summed E-state index contributed by atoms with van der Waals surface area (Å²) in [6, 6.07) is 0.00714. The van der Waals surface area contributed by atoms with E-state index in [0.29, 0.717) is 19.0 Å². The molecule has 0 aromatic heterocycles. The van der Waals surface area contributed by atoms with Crippen molar-refractivity contribution in [3.05, 3.63) is 0 Å². The van der Waals surface area contributed by atoms with Gasteiger partial charge in [0.25, 0.3) is 0 Å². The third kappa shape index (κ3) is 3.64. The van der Waals surface area contributed by atoms with Crippen LogP contribution in [0.25, 0.3) is 0 Å². The SMILES string of the molecule is CCN1CC(C(O)C(CC2CCCCC2)NC)OC1=O. The Bertz CT molecular complexity index is 318. The first kappa shape index (κ1) is 15.6. The number of ether oxygens (including phenoxy) is 1. The molecule has 5 heteroatoms. The Morgan fingerprint density at radius 1 is 1.40 bits per heavy atom. The number of amides is 1. The normalized spacial score (nSPS) is 27.4. The van der Waals surface area contributed by atoms with Gasteiger partial charge in [0.15, 0.2) is 0 Å². The van der Waals surface area contributed by atoms with Crippen LogP contribution in [-0.2, 0) is 4.74 Å². The summed E-state index contributed by atoms with van der Waals surface area (Å²) in [6.45, 7) is 3.06. The van der Waals surface area contributed by atoms with Gasteiger partial charge in [-0.15, -0.1) is 0 Å². The lowest BCUT2D eigenvalue weighted by molar-refractivity contribution is 0.00485. The van der Waals surface area contributed by atoms with Crippen LogP contribution in [0.15, 0.2) is 0 Å². The number of hydrogen-bond donors (Lipinski definition) is 2. The number of aliphatic hydroxyl groups is 1. The molecule has 5 nitrogen and oxygen atoms in total. The lowest BCUT2D eigenvalue weighted by Crippen LogP contribution is -2.47. The summed E-state index contributed by atoms with van der Waals surface area (Å²) in [4.78, 5) is 13.2. The van der Waals surface area contributed by atoms with Gasteiger partial charge in [-0.25, -0.2) is 4.79 Å². The minimum absolute atomic E-state index is 0.00714. The van der Waals surface area contributed by atoms with Crippen LogP contribution in [-0.4, -0.2) is 54.5 Å². The number of hydrogen-bond acceptors (Lipinski definition) is 4. The number of likely N-dealkylation sites (N-methyl/N-ethyl adjacent to an activating group) is 2. The maximum absolute atomic E-state index is 11.6. The number of aliphatic hydroxyl groups excluding tert-OH is 1. The molecule has 0 bridgehead atoms. The molecule has 2 N–H and O–H groups in total. The van der Waals surface area contributed by atoms with Gasteiger partial charge >= 0.3 is 6.09 Å². The van der Waals surface area contributed by atoms with Crippen LogP contribution in [0.3, 0.4) is 0 Å². The van der Waals surface area contributed by atoms with Crippen molar-refractivity contribution in [2.45, 2.75) is 63.7 Å². The zero-order valence-corrected chi connectivity index (χ0v) is 12.7. The fourth-order valence-electron chi connectivity index (χ4n) is 3.44. The number of nitrogens with zero attached hydrogens (tertiary/aromatic N) is 1. The van der Waals surface area contributed by atoms with E-state index in [1.165, 1.54) is 32.1 Å². The molecule has 1 amide bonds. The van der Waals surface area contributed by atoms with Crippen molar-refractivity contribution in [1.82, 2.24) is 10.2 Å². The Morgan fingerprint density at radius 3 is 2.65 bits per heavy atom. The van der Waals surface area contributed by atoms with Gasteiger partial charge in [0.2, 0.25) is 0 Å². The smallest absolute Gasteiger partial charge is 0.410 e. The average molecular weight is 284 g/mol. The van der Waals surface area contributed by atoms with Crippen molar-refractivity contribution < 1.29 is 14.6 Å². The van der Waals surface area contributed by atoms with Crippen molar-refractivity contribution in [2.75, 3.05) is 20.1 Å². The van der Waals surface area contributed by atoms with E-state index in [0.717, 1.165) is 6.42 Å². The summed E-state index contributed by atoms with van der Waals surface area (Å²) in [5.41, 5.74) is 0. The summed E-state index contributed by atoms with van der Waals surface area (Å²) in [6.07, 6.45) is 6.12. The summed E-state index contributed by atoms with van der Waals surface area (Å²) in [7, 11) is 1.88. The highest BCUT2D eigenvalue weighted by molar-refractivity contribution is 5.69. The van der Waals surface area contributed by atoms with E-state index in [1.54, 1.807) is 4.90 Å². The molecule has 2 rings (SSSR count). The molecule has 0 aromatic rings. The van der Waals surface area contributed by atoms with E-state index < -0.39 is 12.2 Å². The van der Waals surface area contributed by atoms with Crippen molar-refractivity contribution in [3.63, 3.8) is 0 Å². The quantitative estimate of drug-likeness (QED) is 0.780. The minimum atomic E-state index is -0.623. The van der Waals surface area contributed by atoms with E-state index in [-0.39, 0.29) is 12.1 Å². The Hall–Kier alpha value is -0.810. The molecule has 1 saturated carbocycles. The second-order valence-corrected chi connectivity index (χ2v) is 6.09. The second-order valence-electron chi connectivity index (χ2n) is 6.09. The highest BCUT2D eigenvalue weighted by Crippen LogP contribution is 2.29. The number of cyclic esters (lactones) is 1. The first-order valence-corrected chi connectivity index (χ1v) is 7.96. The summed E-state index contributed by atoms with van der Waals surface area (Å²) in [5.74, 6) is 0.690. The first-order valence-electron chi connectivity index (χ1n) is 7.96. The van der Waals surface area contributed by atoms with Crippen LogP contribution in [0.5, 0.6) is 0 Å². The summed E-state index contributed by atoms with van der Waals surface area (Å²) < 4.78 is 5.30. The van der Waals surface area contributed by atoms with Crippen LogP contribution < -0.4 is 5.32 Å². The highest BCUT2D eigenvalue weighted by Gasteiger charge is 2.38. The second kappa shape index (κ2) is 7.27. The van der Waals surface area contributed by atoms with Crippen LogP contribution >= 0.6 is 0 Å². The number of nitrogens with one attached hydrogen (secondary N) is 1. The molecule has 1 aliphatic carbocycles. The molecule has 1 heterocycles. The molecule has 0 aromatic carbocycles. The standard InChI is InChI=1S/C15H28N2O3/c1-3-17-10-13(20-15(17)19)14(18)12(16-2)9-11-7-5-4-6-8-11/h11-14,16,18H,3-10H2,1-2H3. The Kier molecular flexibility index (Phi) is 5.66. The fraction of sp³-hybridized carbons (Fsp3) is 0.933. The number of rotatable bonds is 6. The number of carbonyl (C=O) groups excluding carboxylic acids is 1. The predicted octanol–water partition coefficient (Wildman–Crippen LogP) is 1.75. The summed E-state index contributed by atoms with van der Waals surface area (Å²) >= 11 is 0. The summed E-state index contributed by atoms with van der Waals surface area (Å²) in [5, 5.41) is 13.7. The molecule has 3 unspecified atom stereocenters. The molecule has 116 valence electrons. The molecule has 3 atom stereocenters. The molecule has 0 radical (unpaired) electrons. The maximum Gasteiger partial charge on any atom is 0.410 e. The van der Waals surface area contributed by atoms with E-state index in [1.807, 2.05) is 14.0 Å². The van der Waals surface area contributed by atoms with E-state index in [2.05, 4.69) is 5.32 Å². The minimum Gasteiger partial charge on any atom is -0.441 e. The average Bonchev–Trinajstić information content (AvgIpc) is 2.86. The van der Waals surface area contributed by atoms with Gasteiger partial charge < -0.3 is 20.1 Å². The largest absolute Gasteiger partial charge is 0.441 e. The highest BCUT2D eigenvalue weighted by atomic mass is 16.6. The van der Waals surface area contributed by atoms with Crippen molar-refractivity contribution >= 4 is 6.09 Å². The van der Waals surface area contributed by atoms with E-state index >= 15 is 0 Å². The molecular weight excluding hydrogens is 256 g/mol. The molecule has 1 saturated heterocycles. The third-order valence-electron chi connectivity index (χ3n) is 4.77. The van der Waals surface area contributed by atoms with Gasteiger partial charge in [0.1, 0.15) is 12.2 Å². The van der Waals surface area contributed by atoms with Gasteiger partial charge in [-0.05, 0) is 26.3 Å². The first-order chi connectivity index (χ1) is 9.65. The lowest BCUT2D eigenvalue weighted by atomic mass is 9.83. The molecule has 1 aliphatic heterocycles. The zero-order valence-electron chi connectivity index (χ0n) is 12.7. The lowest BCUT2D eigenvalue weighted by Gasteiger charge is -2.31. The van der Waals surface area contributed by atoms with Crippen LogP contribution in [0.4, 0.5) is 4.79 Å². The Balaban J connectivity index is 1.88. The predicted molar refractivity (Wildman–Crippen MR) is 77.6 cm³/mol. The van der Waals surface area contributed by atoms with Gasteiger partial charge in [-0.2, -0.15) is 0 Å². The molecule has 2 aliphatic rings. The maximum atomic E-state index is 11.6.